The van der Waals surface area contributed by atoms with Crippen LogP contribution in [-0.4, -0.2) is 42.9 Å². The topological polar surface area (TPSA) is 128 Å². The number of rotatable bonds is 7. The number of hydrogen-bond donors (Lipinski definition) is 3. The minimum absolute atomic E-state index is 0.0104. The lowest BCUT2D eigenvalue weighted by Gasteiger charge is -2.37. The van der Waals surface area contributed by atoms with E-state index in [0.717, 1.165) is 5.56 Å². The van der Waals surface area contributed by atoms with Gasteiger partial charge in [-0.1, -0.05) is 51.1 Å². The number of nitrogens with two attached hydrogens (primary N) is 1. The predicted octanol–water partition coefficient (Wildman–Crippen LogP) is 2.37. The highest BCUT2D eigenvalue weighted by molar-refractivity contribution is 5.70. The van der Waals surface area contributed by atoms with E-state index >= 15 is 0 Å². The van der Waals surface area contributed by atoms with Gasteiger partial charge in [0.25, 0.3) is 5.56 Å². The van der Waals surface area contributed by atoms with Gasteiger partial charge in [-0.15, -0.1) is 0 Å². The van der Waals surface area contributed by atoms with Crippen LogP contribution in [0.4, 0.5) is 5.95 Å². The lowest BCUT2D eigenvalue weighted by molar-refractivity contribution is -0.144. The summed E-state index contributed by atoms with van der Waals surface area (Å²) in [5, 5.41) is 10.4. The van der Waals surface area contributed by atoms with Crippen LogP contribution < -0.4 is 11.3 Å². The van der Waals surface area contributed by atoms with Crippen LogP contribution in [0, 0.1) is 5.41 Å². The van der Waals surface area contributed by atoms with E-state index in [9.17, 15) is 9.90 Å². The van der Waals surface area contributed by atoms with E-state index in [0.29, 0.717) is 25.1 Å². The molecule has 1 aliphatic heterocycles. The molecule has 1 aromatic carbocycles. The summed E-state index contributed by atoms with van der Waals surface area (Å²) < 4.78 is 14.7. The lowest BCUT2D eigenvalue weighted by atomic mass is 9.74. The summed E-state index contributed by atoms with van der Waals surface area (Å²) in [6, 6.07) is 9.91. The van der Waals surface area contributed by atoms with Crippen molar-refractivity contribution in [2.75, 3.05) is 12.3 Å². The average Bonchev–Trinajstić information content (AvgIpc) is 3.30. The molecule has 0 spiro atoms. The number of nitrogens with one attached hydrogen (secondary N) is 1. The molecular formula is C22H29N5O4. The Morgan fingerprint density at radius 3 is 2.68 bits per heavy atom. The summed E-state index contributed by atoms with van der Waals surface area (Å²) in [5.41, 5.74) is 5.52. The number of aliphatic hydroxyl groups excluding tert-OH is 1. The Morgan fingerprint density at radius 2 is 2.03 bits per heavy atom. The second-order valence-corrected chi connectivity index (χ2v) is 8.36. The van der Waals surface area contributed by atoms with E-state index in [2.05, 4.69) is 28.8 Å². The van der Waals surface area contributed by atoms with Crippen LogP contribution in [0.1, 0.15) is 45.4 Å². The van der Waals surface area contributed by atoms with E-state index in [-0.39, 0.29) is 18.1 Å². The highest BCUT2D eigenvalue weighted by Gasteiger charge is 2.61. The summed E-state index contributed by atoms with van der Waals surface area (Å²) in [5.74, 6) is 0.0104. The number of ether oxygens (including phenoxy) is 2. The molecule has 166 valence electrons. The normalized spacial score (nSPS) is 28.4. The number of imidazole rings is 1. The van der Waals surface area contributed by atoms with Gasteiger partial charge < -0.3 is 20.3 Å². The Bertz CT molecular complexity index is 1110. The number of aromatic nitrogens is 4. The van der Waals surface area contributed by atoms with Gasteiger partial charge in [-0.05, 0) is 18.4 Å². The van der Waals surface area contributed by atoms with Crippen molar-refractivity contribution in [1.29, 1.82) is 0 Å². The van der Waals surface area contributed by atoms with Gasteiger partial charge in [0.15, 0.2) is 11.2 Å². The number of benzene rings is 1. The van der Waals surface area contributed by atoms with Crippen molar-refractivity contribution in [2.45, 2.75) is 58.2 Å². The molecule has 9 heteroatoms. The van der Waals surface area contributed by atoms with Crippen LogP contribution in [0.15, 0.2) is 41.5 Å². The highest BCUT2D eigenvalue weighted by Crippen LogP contribution is 2.55. The molecule has 1 fully saturated rings. The quantitative estimate of drug-likeness (QED) is 0.528. The maximum atomic E-state index is 12.3. The van der Waals surface area contributed by atoms with Gasteiger partial charge in [0.1, 0.15) is 11.8 Å². The molecule has 0 radical (unpaired) electrons. The summed E-state index contributed by atoms with van der Waals surface area (Å²) in [4.78, 5) is 23.3. The molecule has 1 aliphatic rings. The van der Waals surface area contributed by atoms with E-state index in [1.807, 2.05) is 37.3 Å². The lowest BCUT2D eigenvalue weighted by Crippen LogP contribution is -2.49. The number of hydrogen-bond acceptors (Lipinski definition) is 7. The van der Waals surface area contributed by atoms with Gasteiger partial charge in [0.05, 0.1) is 25.6 Å². The molecule has 0 amide bonds. The zero-order valence-corrected chi connectivity index (χ0v) is 18.0. The highest BCUT2D eigenvalue weighted by atomic mass is 16.6. The van der Waals surface area contributed by atoms with Crippen LogP contribution in [-0.2, 0) is 16.1 Å². The number of H-pyrrole nitrogens is 1. The molecule has 3 aromatic rings. The fraction of sp³-hybridized carbons (Fsp3) is 0.500. The fourth-order valence-electron chi connectivity index (χ4n) is 4.60. The van der Waals surface area contributed by atoms with Gasteiger partial charge in [-0.2, -0.15) is 4.98 Å². The van der Waals surface area contributed by atoms with Crippen molar-refractivity contribution in [1.82, 2.24) is 19.5 Å². The fourth-order valence-corrected chi connectivity index (χ4v) is 4.60. The number of anilines is 1. The van der Waals surface area contributed by atoms with Crippen LogP contribution in [0.2, 0.25) is 0 Å². The summed E-state index contributed by atoms with van der Waals surface area (Å²) in [7, 11) is 0. The van der Waals surface area contributed by atoms with E-state index in [4.69, 9.17) is 15.2 Å². The first kappa shape index (κ1) is 21.5. The van der Waals surface area contributed by atoms with E-state index < -0.39 is 28.9 Å². The van der Waals surface area contributed by atoms with Crippen LogP contribution in [0.3, 0.4) is 0 Å². The number of fused-ring (bicyclic) bond motifs is 1. The maximum absolute atomic E-state index is 12.3. The molecule has 9 nitrogen and oxygen atoms in total. The smallest absolute Gasteiger partial charge is 0.280 e. The van der Waals surface area contributed by atoms with Gasteiger partial charge in [-0.3, -0.25) is 14.3 Å². The molecule has 0 saturated carbocycles. The summed E-state index contributed by atoms with van der Waals surface area (Å²) in [6.07, 6.45) is 1.85. The van der Waals surface area contributed by atoms with Crippen molar-refractivity contribution in [3.63, 3.8) is 0 Å². The first-order valence-corrected chi connectivity index (χ1v) is 10.5. The minimum Gasteiger partial charge on any atom is -0.393 e. The average molecular weight is 428 g/mol. The molecule has 4 rings (SSSR count). The van der Waals surface area contributed by atoms with Crippen molar-refractivity contribution in [2.24, 2.45) is 5.41 Å². The van der Waals surface area contributed by atoms with Crippen LogP contribution >= 0.6 is 0 Å². The number of nitrogen functional groups attached to an aromatic ring is 1. The Morgan fingerprint density at radius 1 is 1.29 bits per heavy atom. The van der Waals surface area contributed by atoms with Crippen molar-refractivity contribution >= 4 is 17.1 Å². The molecule has 4 atom stereocenters. The zero-order valence-electron chi connectivity index (χ0n) is 18.0. The zero-order chi connectivity index (χ0) is 22.2. The molecular weight excluding hydrogens is 398 g/mol. The molecule has 2 aromatic heterocycles. The van der Waals surface area contributed by atoms with Gasteiger partial charge in [0.2, 0.25) is 5.95 Å². The van der Waals surface area contributed by atoms with Crippen molar-refractivity contribution in [3.8, 4) is 0 Å². The standard InChI is InChI=1S/C22H29N5O4/c1-4-21(3)18(30-11-14-9-7-6-8-10-14)22(5-2,12-28)31-19(21)27-13-24-15-16(27)25-20(23)26-17(15)29/h6-10,13,18-19,28H,4-5,11-12H2,1-3H3,(H3,23,25,26,29)/t18-,19+,21+,22+/m0/s1. The first-order chi connectivity index (χ1) is 14.9. The molecule has 1 saturated heterocycles. The maximum Gasteiger partial charge on any atom is 0.280 e. The third kappa shape index (κ3) is 3.42. The predicted molar refractivity (Wildman–Crippen MR) is 116 cm³/mol. The second kappa shape index (κ2) is 8.07. The van der Waals surface area contributed by atoms with Crippen molar-refractivity contribution < 1.29 is 14.6 Å². The number of aliphatic hydroxyl groups is 1. The van der Waals surface area contributed by atoms with Crippen LogP contribution in [0.25, 0.3) is 11.2 Å². The van der Waals surface area contributed by atoms with E-state index in [1.165, 1.54) is 0 Å². The number of aromatic amines is 1. The summed E-state index contributed by atoms with van der Waals surface area (Å²) >= 11 is 0. The molecule has 4 N–H and O–H groups in total. The monoisotopic (exact) mass is 427 g/mol. The molecule has 0 aliphatic carbocycles. The van der Waals surface area contributed by atoms with E-state index in [1.54, 1.807) is 10.9 Å². The Kier molecular flexibility index (Phi) is 5.59. The Balaban J connectivity index is 1.78. The first-order valence-electron chi connectivity index (χ1n) is 10.5. The SMILES string of the molecule is CC[C@]1(CO)O[C@@H](n2cnc3c(=O)[nH]c(N)nc32)[C@](C)(CC)[C@@H]1OCc1ccccc1. The third-order valence-corrected chi connectivity index (χ3v) is 6.58. The van der Waals surface area contributed by atoms with Gasteiger partial charge in [0, 0.05) is 5.41 Å². The van der Waals surface area contributed by atoms with Gasteiger partial charge >= 0.3 is 0 Å². The summed E-state index contributed by atoms with van der Waals surface area (Å²) in [6.45, 7) is 6.31. The minimum atomic E-state index is -0.909. The molecule has 3 heterocycles. The number of nitrogens with zero attached hydrogens (tertiary/aromatic N) is 3. The largest absolute Gasteiger partial charge is 0.393 e. The molecule has 0 bridgehead atoms. The van der Waals surface area contributed by atoms with Crippen LogP contribution in [0.5, 0.6) is 0 Å². The Labute approximate surface area is 180 Å². The molecule has 31 heavy (non-hydrogen) atoms. The third-order valence-electron chi connectivity index (χ3n) is 6.58. The second-order valence-electron chi connectivity index (χ2n) is 8.36. The molecule has 0 unspecified atom stereocenters. The Hall–Kier alpha value is -2.75. The van der Waals surface area contributed by atoms with Gasteiger partial charge in [-0.25, -0.2) is 4.98 Å². The van der Waals surface area contributed by atoms with Crippen molar-refractivity contribution in [3.05, 3.63) is 52.6 Å².